The number of allylic oxidation sites excluding steroid dienone is 1. The third-order valence-corrected chi connectivity index (χ3v) is 4.41. The zero-order valence-electron chi connectivity index (χ0n) is 15.1. The molecule has 0 aliphatic carbocycles. The molecule has 29 heavy (non-hydrogen) atoms. The van der Waals surface area contributed by atoms with Gasteiger partial charge in [-0.15, -0.1) is 11.8 Å². The number of hydrogen-bond donors (Lipinski definition) is 1. The maximum absolute atomic E-state index is 12.8. The number of rotatable bonds is 6. The molecule has 0 amide bonds. The number of alkyl halides is 3. The molecular formula is C20H15F3N2O3S. The minimum absolute atomic E-state index is 0.137. The van der Waals surface area contributed by atoms with E-state index < -0.39 is 16.7 Å². The predicted molar refractivity (Wildman–Crippen MR) is 107 cm³/mol. The van der Waals surface area contributed by atoms with E-state index in [0.29, 0.717) is 35.0 Å². The maximum atomic E-state index is 12.8. The first kappa shape index (κ1) is 20.5. The van der Waals surface area contributed by atoms with Gasteiger partial charge in [0.25, 0.3) is 0 Å². The molecule has 0 unspecified atom stereocenters. The van der Waals surface area contributed by atoms with Crippen molar-refractivity contribution in [2.75, 3.05) is 11.6 Å². The Morgan fingerprint density at radius 1 is 1.10 bits per heavy atom. The summed E-state index contributed by atoms with van der Waals surface area (Å²) in [6.45, 7) is 0. The highest BCUT2D eigenvalue weighted by atomic mass is 32.2. The summed E-state index contributed by atoms with van der Waals surface area (Å²) in [5, 5.41) is 2.78. The summed E-state index contributed by atoms with van der Waals surface area (Å²) < 4.78 is 49.1. The molecule has 0 bridgehead atoms. The number of hydrogen-bond acceptors (Lipinski definition) is 6. The van der Waals surface area contributed by atoms with Gasteiger partial charge in [-0.05, 0) is 48.7 Å². The van der Waals surface area contributed by atoms with Crippen LogP contribution >= 0.6 is 11.8 Å². The molecule has 0 spiro atoms. The van der Waals surface area contributed by atoms with Crippen molar-refractivity contribution in [1.82, 2.24) is 4.98 Å². The second-order valence-electron chi connectivity index (χ2n) is 5.68. The van der Waals surface area contributed by atoms with Crippen LogP contribution in [0, 0.1) is 0 Å². The number of nitrogens with one attached hydrogen (secondary N) is 1. The number of ether oxygens (including phenoxy) is 1. The Balaban J connectivity index is 1.72. The molecule has 2 aromatic carbocycles. The van der Waals surface area contributed by atoms with Crippen LogP contribution in [-0.4, -0.2) is 17.4 Å². The SMILES string of the molecule is CS/C(=C\c1cnc(Nc2ccc(Oc3ccccc3)cc2)oc1=O)C(F)(F)F. The quantitative estimate of drug-likeness (QED) is 0.541. The number of aromatic nitrogens is 1. The molecule has 1 heterocycles. The first-order valence-electron chi connectivity index (χ1n) is 8.28. The van der Waals surface area contributed by atoms with Crippen LogP contribution in [0.25, 0.3) is 6.08 Å². The molecule has 0 atom stereocenters. The number of para-hydroxylation sites is 1. The zero-order valence-corrected chi connectivity index (χ0v) is 15.9. The van der Waals surface area contributed by atoms with Gasteiger partial charge in [-0.3, -0.25) is 0 Å². The Kier molecular flexibility index (Phi) is 6.28. The normalized spacial score (nSPS) is 11.9. The van der Waals surface area contributed by atoms with Crippen LogP contribution < -0.4 is 15.7 Å². The van der Waals surface area contributed by atoms with Gasteiger partial charge in [-0.1, -0.05) is 18.2 Å². The van der Waals surface area contributed by atoms with Gasteiger partial charge in [-0.25, -0.2) is 9.78 Å². The predicted octanol–water partition coefficient (Wildman–Crippen LogP) is 5.84. The van der Waals surface area contributed by atoms with Crippen LogP contribution in [0.3, 0.4) is 0 Å². The average molecular weight is 420 g/mol. The molecule has 3 rings (SSSR count). The van der Waals surface area contributed by atoms with Crippen LogP contribution in [0.4, 0.5) is 24.9 Å². The summed E-state index contributed by atoms with van der Waals surface area (Å²) in [7, 11) is 0. The van der Waals surface area contributed by atoms with Crippen molar-refractivity contribution in [3.63, 3.8) is 0 Å². The maximum Gasteiger partial charge on any atom is 0.422 e. The third kappa shape index (κ3) is 5.64. The molecule has 9 heteroatoms. The topological polar surface area (TPSA) is 64.4 Å². The summed E-state index contributed by atoms with van der Waals surface area (Å²) >= 11 is 0.489. The van der Waals surface area contributed by atoms with Gasteiger partial charge in [0.2, 0.25) is 0 Å². The highest BCUT2D eigenvalue weighted by molar-refractivity contribution is 8.02. The van der Waals surface area contributed by atoms with E-state index >= 15 is 0 Å². The number of nitrogens with zero attached hydrogens (tertiary/aromatic N) is 1. The molecule has 0 aliphatic rings. The van der Waals surface area contributed by atoms with Gasteiger partial charge < -0.3 is 14.5 Å². The molecule has 1 aromatic heterocycles. The Morgan fingerprint density at radius 3 is 2.34 bits per heavy atom. The average Bonchev–Trinajstić information content (AvgIpc) is 2.69. The monoisotopic (exact) mass is 420 g/mol. The summed E-state index contributed by atoms with van der Waals surface area (Å²) in [6.07, 6.45) is -1.53. The lowest BCUT2D eigenvalue weighted by atomic mass is 10.3. The minimum Gasteiger partial charge on any atom is -0.457 e. The lowest BCUT2D eigenvalue weighted by Crippen LogP contribution is -2.12. The Labute approximate surface area is 168 Å². The second-order valence-corrected chi connectivity index (χ2v) is 6.53. The van der Waals surface area contributed by atoms with E-state index in [9.17, 15) is 18.0 Å². The first-order chi connectivity index (χ1) is 13.8. The van der Waals surface area contributed by atoms with E-state index in [0.717, 1.165) is 6.20 Å². The van der Waals surface area contributed by atoms with E-state index in [2.05, 4.69) is 10.3 Å². The van der Waals surface area contributed by atoms with Crippen molar-refractivity contribution in [2.45, 2.75) is 6.18 Å². The minimum atomic E-state index is -4.55. The second kappa shape index (κ2) is 8.87. The van der Waals surface area contributed by atoms with Gasteiger partial charge in [0, 0.05) is 11.9 Å². The molecule has 150 valence electrons. The summed E-state index contributed by atoms with van der Waals surface area (Å²) in [5.41, 5.74) is -0.657. The first-order valence-corrected chi connectivity index (χ1v) is 9.50. The summed E-state index contributed by atoms with van der Waals surface area (Å²) in [4.78, 5) is 14.9. The number of halogens is 3. The van der Waals surface area contributed by atoms with Crippen molar-refractivity contribution < 1.29 is 22.3 Å². The number of benzene rings is 2. The lowest BCUT2D eigenvalue weighted by molar-refractivity contribution is -0.0827. The third-order valence-electron chi connectivity index (χ3n) is 3.62. The molecule has 5 nitrogen and oxygen atoms in total. The van der Waals surface area contributed by atoms with E-state index in [1.165, 1.54) is 6.26 Å². The standard InChI is InChI=1S/C20H15F3N2O3S/c1-29-17(20(21,22)23)11-13-12-24-19(28-18(13)26)25-14-7-9-16(10-8-14)27-15-5-3-2-4-6-15/h2-12H,1H3,(H,24,25)/b17-11-. The van der Waals surface area contributed by atoms with Crippen molar-refractivity contribution in [3.8, 4) is 11.5 Å². The van der Waals surface area contributed by atoms with Gasteiger partial charge >= 0.3 is 17.8 Å². The van der Waals surface area contributed by atoms with Gasteiger partial charge in [0.1, 0.15) is 11.5 Å². The molecular weight excluding hydrogens is 405 g/mol. The van der Waals surface area contributed by atoms with Crippen molar-refractivity contribution in [2.24, 2.45) is 0 Å². The van der Waals surface area contributed by atoms with Gasteiger partial charge in [0.05, 0.1) is 10.5 Å². The van der Waals surface area contributed by atoms with Crippen molar-refractivity contribution in [3.05, 3.63) is 81.7 Å². The van der Waals surface area contributed by atoms with E-state index in [4.69, 9.17) is 9.15 Å². The van der Waals surface area contributed by atoms with Crippen LogP contribution in [0.1, 0.15) is 5.56 Å². The number of thioether (sulfide) groups is 1. The highest BCUT2D eigenvalue weighted by Crippen LogP contribution is 2.34. The Hall–Kier alpha value is -3.20. The molecule has 0 radical (unpaired) electrons. The van der Waals surface area contributed by atoms with Crippen molar-refractivity contribution >= 4 is 29.5 Å². The fraction of sp³-hybridized carbons (Fsp3) is 0.100. The fourth-order valence-corrected chi connectivity index (χ4v) is 2.74. The fourth-order valence-electron chi connectivity index (χ4n) is 2.26. The molecule has 0 saturated heterocycles. The lowest BCUT2D eigenvalue weighted by Gasteiger charge is -2.09. The summed E-state index contributed by atoms with van der Waals surface area (Å²) in [5.74, 6) is 1.29. The number of anilines is 2. The molecule has 3 aromatic rings. The molecule has 0 fully saturated rings. The van der Waals surface area contributed by atoms with E-state index in [-0.39, 0.29) is 11.6 Å². The highest BCUT2D eigenvalue weighted by Gasteiger charge is 2.33. The van der Waals surface area contributed by atoms with E-state index in [1.54, 1.807) is 24.3 Å². The Bertz CT molecular complexity index is 1050. The van der Waals surface area contributed by atoms with Gasteiger partial charge in [-0.2, -0.15) is 13.2 Å². The van der Waals surface area contributed by atoms with Crippen LogP contribution in [-0.2, 0) is 0 Å². The van der Waals surface area contributed by atoms with Crippen LogP contribution in [0.15, 0.2) is 74.9 Å². The van der Waals surface area contributed by atoms with Crippen LogP contribution in [0.2, 0.25) is 0 Å². The van der Waals surface area contributed by atoms with Crippen molar-refractivity contribution in [1.29, 1.82) is 0 Å². The van der Waals surface area contributed by atoms with Gasteiger partial charge in [0.15, 0.2) is 0 Å². The Morgan fingerprint density at radius 2 is 1.76 bits per heavy atom. The molecule has 0 aliphatic heterocycles. The summed E-state index contributed by atoms with van der Waals surface area (Å²) in [6, 6.07) is 15.9. The van der Waals surface area contributed by atoms with Crippen LogP contribution in [0.5, 0.6) is 11.5 Å². The zero-order chi connectivity index (χ0) is 20.9. The smallest absolute Gasteiger partial charge is 0.422 e. The molecule has 1 N–H and O–H groups in total. The molecule has 0 saturated carbocycles. The van der Waals surface area contributed by atoms with E-state index in [1.807, 2.05) is 30.3 Å². The largest absolute Gasteiger partial charge is 0.457 e.